The maximum Gasteiger partial charge on any atom is 0.407 e. The molecule has 2 N–H and O–H groups in total. The topological polar surface area (TPSA) is 102 Å². The Balaban J connectivity index is 2.41. The van der Waals surface area contributed by atoms with E-state index in [1.807, 2.05) is 6.07 Å². The third-order valence-corrected chi connectivity index (χ3v) is 5.66. The number of nitro groups is 1. The predicted octanol–water partition coefficient (Wildman–Crippen LogP) is 4.37. The van der Waals surface area contributed by atoms with E-state index in [9.17, 15) is 20.0 Å². The van der Waals surface area contributed by atoms with Crippen molar-refractivity contribution >= 4 is 11.8 Å². The van der Waals surface area contributed by atoms with Crippen LogP contribution in [0, 0.1) is 10.1 Å². The molecular formula is C22H34N2O5. The van der Waals surface area contributed by atoms with Crippen molar-refractivity contribution in [1.29, 1.82) is 0 Å². The van der Waals surface area contributed by atoms with Gasteiger partial charge in [-0.25, -0.2) is 4.79 Å². The smallest absolute Gasteiger partial charge is 0.407 e. The first-order valence-corrected chi connectivity index (χ1v) is 10.1. The van der Waals surface area contributed by atoms with Crippen molar-refractivity contribution in [2.75, 3.05) is 6.61 Å². The molecule has 0 aliphatic heterocycles. The molecule has 7 nitrogen and oxygen atoms in total. The first kappa shape index (κ1) is 23.1. The van der Waals surface area contributed by atoms with E-state index in [0.717, 1.165) is 24.0 Å². The largest absolute Gasteiger partial charge is 0.444 e. The summed E-state index contributed by atoms with van der Waals surface area (Å²) < 4.78 is 5.24. The van der Waals surface area contributed by atoms with E-state index >= 15 is 0 Å². The summed E-state index contributed by atoms with van der Waals surface area (Å²) in [6, 6.07) is 2.91. The number of fused-ring (bicyclic) bond motifs is 1. The Morgan fingerprint density at radius 3 is 2.17 bits per heavy atom. The zero-order chi connectivity index (χ0) is 22.2. The number of rotatable bonds is 5. The molecule has 2 rings (SSSR count). The number of amides is 1. The summed E-state index contributed by atoms with van der Waals surface area (Å²) >= 11 is 0. The van der Waals surface area contributed by atoms with Gasteiger partial charge in [-0.1, -0.05) is 27.7 Å². The third kappa shape index (κ3) is 5.47. The van der Waals surface area contributed by atoms with Gasteiger partial charge in [0, 0.05) is 18.1 Å². The van der Waals surface area contributed by atoms with Crippen LogP contribution < -0.4 is 5.32 Å². The fourth-order valence-electron chi connectivity index (χ4n) is 3.88. The maximum atomic E-state index is 12.1. The molecule has 1 unspecified atom stereocenters. The molecule has 0 saturated carbocycles. The van der Waals surface area contributed by atoms with Crippen LogP contribution in [0.3, 0.4) is 0 Å². The lowest BCUT2D eigenvalue weighted by Gasteiger charge is -2.42. The van der Waals surface area contributed by atoms with Crippen molar-refractivity contribution < 1.29 is 19.6 Å². The van der Waals surface area contributed by atoms with Crippen molar-refractivity contribution in [2.45, 2.75) is 90.2 Å². The number of nitrogens with zero attached hydrogens (tertiary/aromatic N) is 1. The lowest BCUT2D eigenvalue weighted by Crippen LogP contribution is -2.42. The van der Waals surface area contributed by atoms with Crippen molar-refractivity contribution in [2.24, 2.45) is 0 Å². The second-order valence-electron chi connectivity index (χ2n) is 10.3. The molecule has 0 radical (unpaired) electrons. The summed E-state index contributed by atoms with van der Waals surface area (Å²) in [4.78, 5) is 23.5. The summed E-state index contributed by atoms with van der Waals surface area (Å²) in [6.07, 6.45) is 1.45. The molecule has 0 aromatic heterocycles. The van der Waals surface area contributed by atoms with Gasteiger partial charge in [-0.15, -0.1) is 0 Å². The van der Waals surface area contributed by atoms with E-state index in [1.54, 1.807) is 26.8 Å². The minimum absolute atomic E-state index is 0.0268. The summed E-state index contributed by atoms with van der Waals surface area (Å²) in [6.45, 7) is 13.4. The summed E-state index contributed by atoms with van der Waals surface area (Å²) in [5, 5.41) is 24.2. The van der Waals surface area contributed by atoms with E-state index in [2.05, 4.69) is 33.0 Å². The molecule has 1 aromatic rings. The molecule has 1 aromatic carbocycles. The Hall–Kier alpha value is -2.15. The Morgan fingerprint density at radius 2 is 1.72 bits per heavy atom. The van der Waals surface area contributed by atoms with Crippen LogP contribution in [-0.4, -0.2) is 34.4 Å². The Bertz CT molecular complexity index is 793. The highest BCUT2D eigenvalue weighted by Crippen LogP contribution is 2.47. The van der Waals surface area contributed by atoms with Crippen LogP contribution in [0.25, 0.3) is 0 Å². The molecule has 1 aliphatic carbocycles. The SMILES string of the molecule is CC(C)(C)OC(=O)NC(CO)Cc1cc2c(cc1[N+](=O)[O-])C(C)(C)CCC2(C)C. The number of carbonyl (C=O) groups excluding carboxylic acids is 1. The minimum Gasteiger partial charge on any atom is -0.444 e. The van der Waals surface area contributed by atoms with E-state index in [4.69, 9.17) is 4.74 Å². The normalized spacial score (nSPS) is 18.5. The van der Waals surface area contributed by atoms with Crippen LogP contribution in [-0.2, 0) is 22.0 Å². The quantitative estimate of drug-likeness (QED) is 0.558. The van der Waals surface area contributed by atoms with Crippen LogP contribution in [0.4, 0.5) is 10.5 Å². The number of carbonyl (C=O) groups is 1. The number of aliphatic hydroxyl groups excluding tert-OH is 1. The molecule has 0 fully saturated rings. The standard InChI is InChI=1S/C22H34N2O5/c1-20(2,3)29-19(26)23-15(13-25)10-14-11-16-17(12-18(14)24(27)28)22(6,7)9-8-21(16,4)5/h11-12,15,25H,8-10,13H2,1-7H3,(H,23,26). The number of ether oxygens (including phenoxy) is 1. The number of nitrogens with one attached hydrogen (secondary N) is 1. The number of alkyl carbamates (subject to hydrolysis) is 1. The predicted molar refractivity (Wildman–Crippen MR) is 112 cm³/mol. The number of benzene rings is 1. The molecule has 0 saturated heterocycles. The van der Waals surface area contributed by atoms with Gasteiger partial charge in [-0.3, -0.25) is 10.1 Å². The summed E-state index contributed by atoms with van der Waals surface area (Å²) in [5.74, 6) is 0. The summed E-state index contributed by atoms with van der Waals surface area (Å²) in [7, 11) is 0. The fraction of sp³-hybridized carbons (Fsp3) is 0.682. The molecule has 0 bridgehead atoms. The Morgan fingerprint density at radius 1 is 1.21 bits per heavy atom. The highest BCUT2D eigenvalue weighted by molar-refractivity contribution is 5.68. The lowest BCUT2D eigenvalue weighted by atomic mass is 9.62. The molecule has 29 heavy (non-hydrogen) atoms. The van der Waals surface area contributed by atoms with Gasteiger partial charge in [0.15, 0.2) is 0 Å². The molecule has 1 aliphatic rings. The Kier molecular flexibility index (Phi) is 6.33. The van der Waals surface area contributed by atoms with Gasteiger partial charge in [0.2, 0.25) is 0 Å². The van der Waals surface area contributed by atoms with Gasteiger partial charge >= 0.3 is 6.09 Å². The third-order valence-electron chi connectivity index (χ3n) is 5.66. The first-order chi connectivity index (χ1) is 13.2. The van der Waals surface area contributed by atoms with Crippen molar-refractivity contribution in [3.8, 4) is 0 Å². The van der Waals surface area contributed by atoms with Gasteiger partial charge < -0.3 is 15.2 Å². The minimum atomic E-state index is -0.679. The van der Waals surface area contributed by atoms with E-state index in [1.165, 1.54) is 0 Å². The van der Waals surface area contributed by atoms with E-state index in [-0.39, 0.29) is 34.5 Å². The van der Waals surface area contributed by atoms with Crippen LogP contribution >= 0.6 is 0 Å². The summed E-state index contributed by atoms with van der Waals surface area (Å²) in [5.41, 5.74) is 1.74. The second kappa shape index (κ2) is 7.94. The van der Waals surface area contributed by atoms with Gasteiger partial charge in [0.1, 0.15) is 5.60 Å². The van der Waals surface area contributed by atoms with Crippen molar-refractivity contribution in [1.82, 2.24) is 5.32 Å². The highest BCUT2D eigenvalue weighted by Gasteiger charge is 2.39. The van der Waals surface area contributed by atoms with Crippen LogP contribution in [0.1, 0.15) is 78.0 Å². The molecule has 7 heteroatoms. The van der Waals surface area contributed by atoms with Crippen LogP contribution in [0.2, 0.25) is 0 Å². The zero-order valence-electron chi connectivity index (χ0n) is 18.6. The molecule has 0 heterocycles. The molecular weight excluding hydrogens is 372 g/mol. The molecule has 162 valence electrons. The number of nitro benzene ring substituents is 1. The van der Waals surface area contributed by atoms with Crippen LogP contribution in [0.15, 0.2) is 12.1 Å². The van der Waals surface area contributed by atoms with Crippen molar-refractivity contribution in [3.63, 3.8) is 0 Å². The molecule has 1 atom stereocenters. The fourth-order valence-corrected chi connectivity index (χ4v) is 3.88. The number of hydrogen-bond donors (Lipinski definition) is 2. The van der Waals surface area contributed by atoms with E-state index in [0.29, 0.717) is 5.56 Å². The highest BCUT2D eigenvalue weighted by atomic mass is 16.6. The molecule has 1 amide bonds. The van der Waals surface area contributed by atoms with Crippen molar-refractivity contribution in [3.05, 3.63) is 38.9 Å². The van der Waals surface area contributed by atoms with Gasteiger partial charge in [-0.2, -0.15) is 0 Å². The molecule has 0 spiro atoms. The average Bonchev–Trinajstić information content (AvgIpc) is 2.56. The van der Waals surface area contributed by atoms with Gasteiger partial charge in [0.25, 0.3) is 5.69 Å². The number of aliphatic hydroxyl groups is 1. The zero-order valence-corrected chi connectivity index (χ0v) is 18.6. The van der Waals surface area contributed by atoms with Gasteiger partial charge in [-0.05, 0) is 61.6 Å². The van der Waals surface area contributed by atoms with E-state index < -0.39 is 17.7 Å². The average molecular weight is 407 g/mol. The first-order valence-electron chi connectivity index (χ1n) is 10.1. The van der Waals surface area contributed by atoms with Gasteiger partial charge in [0.05, 0.1) is 17.6 Å². The Labute approximate surface area is 173 Å². The maximum absolute atomic E-state index is 12.1. The lowest BCUT2D eigenvalue weighted by molar-refractivity contribution is -0.385. The number of hydrogen-bond acceptors (Lipinski definition) is 5. The second-order valence-corrected chi connectivity index (χ2v) is 10.3. The monoisotopic (exact) mass is 406 g/mol. The van der Waals surface area contributed by atoms with Crippen LogP contribution in [0.5, 0.6) is 0 Å².